The first-order valence-corrected chi connectivity index (χ1v) is 16.1. The molecule has 2 aliphatic rings. The molecule has 0 N–H and O–H groups in total. The third-order valence-corrected chi connectivity index (χ3v) is 9.47. The summed E-state index contributed by atoms with van der Waals surface area (Å²) in [5.74, 6) is 0.992. The van der Waals surface area contributed by atoms with Gasteiger partial charge in [-0.15, -0.1) is 0 Å². The summed E-state index contributed by atoms with van der Waals surface area (Å²) in [6, 6.07) is 6.21. The fourth-order valence-corrected chi connectivity index (χ4v) is 6.89. The lowest BCUT2D eigenvalue weighted by Crippen LogP contribution is -2.49. The van der Waals surface area contributed by atoms with Crippen molar-refractivity contribution in [1.29, 1.82) is 0 Å². The first-order valence-electron chi connectivity index (χ1n) is 12.8. The van der Waals surface area contributed by atoms with Crippen LogP contribution >= 0.6 is 30.3 Å². The Morgan fingerprint density at radius 1 is 1.08 bits per heavy atom. The summed E-state index contributed by atoms with van der Waals surface area (Å²) in [5, 5.41) is 0.944. The Kier molecular flexibility index (Phi) is 7.25. The van der Waals surface area contributed by atoms with E-state index >= 15 is 0 Å². The van der Waals surface area contributed by atoms with Crippen molar-refractivity contribution < 1.29 is 9.53 Å². The smallest absolute Gasteiger partial charge is 0.410 e. The summed E-state index contributed by atoms with van der Waals surface area (Å²) < 4.78 is 9.12. The van der Waals surface area contributed by atoms with Crippen LogP contribution in [0.25, 0.3) is 22.0 Å². The number of rotatable bonds is 3. The van der Waals surface area contributed by atoms with Crippen molar-refractivity contribution in [2.45, 2.75) is 52.1 Å². The van der Waals surface area contributed by atoms with Gasteiger partial charge >= 0.3 is 6.09 Å². The Labute approximate surface area is 234 Å². The van der Waals surface area contributed by atoms with E-state index in [2.05, 4.69) is 38.2 Å². The number of aryl methyl sites for hydroxylation is 1. The minimum absolute atomic E-state index is 0.00308. The molecule has 2 saturated heterocycles. The molecule has 8 nitrogen and oxygen atoms in total. The number of fused-ring (bicyclic) bond motifs is 1. The number of hydrogen-bond acceptors (Lipinski definition) is 6. The number of piperidine rings is 2. The zero-order valence-electron chi connectivity index (χ0n) is 21.9. The molecule has 3 aromatic heterocycles. The molecular formula is C27H34IN5O3S. The lowest BCUT2D eigenvalue weighted by Gasteiger charge is -2.47. The number of pyridine rings is 2. The average Bonchev–Trinajstić information content (AvgIpc) is 3.31. The van der Waals surface area contributed by atoms with E-state index in [4.69, 9.17) is 9.72 Å². The summed E-state index contributed by atoms with van der Waals surface area (Å²) in [7, 11) is 3.29. The van der Waals surface area contributed by atoms with Crippen LogP contribution in [0.3, 0.4) is 0 Å². The Hall–Kier alpha value is -2.21. The first-order chi connectivity index (χ1) is 17.6. The second-order valence-corrected chi connectivity index (χ2v) is 13.0. The molecule has 37 heavy (non-hydrogen) atoms. The second-order valence-electron chi connectivity index (χ2n) is 11.3. The highest BCUT2D eigenvalue weighted by Gasteiger charge is 2.39. The number of aromatic nitrogens is 3. The quantitative estimate of drug-likeness (QED) is 0.336. The van der Waals surface area contributed by atoms with Crippen molar-refractivity contribution in [3.05, 3.63) is 47.1 Å². The summed E-state index contributed by atoms with van der Waals surface area (Å²) in [4.78, 5) is 34.2. The van der Waals surface area contributed by atoms with Crippen LogP contribution in [0.5, 0.6) is 0 Å². The van der Waals surface area contributed by atoms with E-state index in [1.165, 1.54) is 9.12 Å². The Bertz CT molecular complexity index is 1340. The van der Waals surface area contributed by atoms with Crippen LogP contribution in [-0.4, -0.2) is 56.3 Å². The number of anilines is 1. The van der Waals surface area contributed by atoms with Crippen LogP contribution in [0.15, 0.2) is 41.6 Å². The van der Waals surface area contributed by atoms with Gasteiger partial charge in [-0.25, -0.2) is 9.78 Å². The van der Waals surface area contributed by atoms with E-state index in [9.17, 15) is 9.59 Å². The molecule has 2 aliphatic heterocycles. The van der Waals surface area contributed by atoms with Crippen molar-refractivity contribution >= 4 is 53.1 Å². The van der Waals surface area contributed by atoms with Gasteiger partial charge in [-0.05, 0) is 70.1 Å². The molecule has 0 bridgehead atoms. The highest BCUT2D eigenvalue weighted by atomic mass is 127. The third kappa shape index (κ3) is 5.36. The molecule has 3 aromatic rings. The van der Waals surface area contributed by atoms with E-state index in [0.717, 1.165) is 74.2 Å². The number of ether oxygens (including phenoxy) is 1. The predicted octanol–water partition coefficient (Wildman–Crippen LogP) is 5.87. The number of likely N-dealkylation sites (tertiary alicyclic amines) is 1. The SMILES string of the molecule is Cn1cc(-c2ccc(N3CCC4(CCN(C(=O)OC(C)(C)C)CC4)CC3)nc2)c2ccn(SI)c2c1=O. The van der Waals surface area contributed by atoms with Crippen molar-refractivity contribution in [2.75, 3.05) is 31.1 Å². The van der Waals surface area contributed by atoms with Gasteiger partial charge in [0.05, 0.1) is 0 Å². The lowest BCUT2D eigenvalue weighted by molar-refractivity contribution is 0.00664. The van der Waals surface area contributed by atoms with Crippen LogP contribution in [0.2, 0.25) is 0 Å². The number of nitrogens with zero attached hydrogens (tertiary/aromatic N) is 5. The van der Waals surface area contributed by atoms with Gasteiger partial charge in [0.15, 0.2) is 0 Å². The summed E-state index contributed by atoms with van der Waals surface area (Å²) in [6.45, 7) is 9.23. The zero-order chi connectivity index (χ0) is 26.4. The molecule has 1 spiro atoms. The topological polar surface area (TPSA) is 72.6 Å². The average molecular weight is 636 g/mol. The van der Waals surface area contributed by atoms with E-state index < -0.39 is 5.60 Å². The van der Waals surface area contributed by atoms with Gasteiger partial charge in [0, 0.05) is 98.7 Å². The number of amides is 1. The zero-order valence-corrected chi connectivity index (χ0v) is 24.8. The van der Waals surface area contributed by atoms with Gasteiger partial charge in [0.25, 0.3) is 5.56 Å². The fourth-order valence-electron chi connectivity index (χ4n) is 5.55. The maximum atomic E-state index is 12.7. The van der Waals surface area contributed by atoms with Crippen LogP contribution in [-0.2, 0) is 11.8 Å². The predicted molar refractivity (Wildman–Crippen MR) is 158 cm³/mol. The van der Waals surface area contributed by atoms with Crippen molar-refractivity contribution in [3.8, 4) is 11.1 Å². The molecular weight excluding hydrogens is 601 g/mol. The summed E-state index contributed by atoms with van der Waals surface area (Å²) >= 11 is 2.19. The molecule has 0 atom stereocenters. The molecule has 1 amide bonds. The molecule has 0 saturated carbocycles. The van der Waals surface area contributed by atoms with E-state index in [-0.39, 0.29) is 11.7 Å². The monoisotopic (exact) mass is 635 g/mol. The van der Waals surface area contributed by atoms with Crippen LogP contribution in [0, 0.1) is 5.41 Å². The highest BCUT2D eigenvalue weighted by Crippen LogP contribution is 2.42. The minimum atomic E-state index is -0.456. The van der Waals surface area contributed by atoms with Gasteiger partial charge in [-0.3, -0.25) is 8.77 Å². The van der Waals surface area contributed by atoms with Crippen LogP contribution in [0.1, 0.15) is 46.5 Å². The lowest BCUT2D eigenvalue weighted by atomic mass is 9.71. The van der Waals surface area contributed by atoms with E-state index in [1.54, 1.807) is 11.6 Å². The molecule has 0 radical (unpaired) electrons. The molecule has 0 aromatic carbocycles. The molecule has 2 fully saturated rings. The molecule has 0 unspecified atom stereocenters. The molecule has 10 heteroatoms. The highest BCUT2D eigenvalue weighted by molar-refractivity contribution is 14.2. The van der Waals surface area contributed by atoms with Crippen LogP contribution in [0.4, 0.5) is 10.6 Å². The minimum Gasteiger partial charge on any atom is -0.444 e. The van der Waals surface area contributed by atoms with E-state index in [0.29, 0.717) is 10.9 Å². The van der Waals surface area contributed by atoms with Crippen molar-refractivity contribution in [1.82, 2.24) is 18.4 Å². The molecule has 198 valence electrons. The van der Waals surface area contributed by atoms with Gasteiger partial charge in [0.1, 0.15) is 16.9 Å². The molecule has 0 aliphatic carbocycles. The summed E-state index contributed by atoms with van der Waals surface area (Å²) in [5.41, 5.74) is 2.56. The van der Waals surface area contributed by atoms with Crippen LogP contribution < -0.4 is 10.5 Å². The van der Waals surface area contributed by atoms with Crippen molar-refractivity contribution in [3.63, 3.8) is 0 Å². The van der Waals surface area contributed by atoms with Gasteiger partial charge in [-0.1, -0.05) is 0 Å². The van der Waals surface area contributed by atoms with Gasteiger partial charge in [-0.2, -0.15) is 0 Å². The van der Waals surface area contributed by atoms with E-state index in [1.807, 2.05) is 54.3 Å². The number of hydrogen-bond donors (Lipinski definition) is 0. The van der Waals surface area contributed by atoms with Gasteiger partial charge < -0.3 is 19.1 Å². The number of halogens is 1. The van der Waals surface area contributed by atoms with Crippen molar-refractivity contribution in [2.24, 2.45) is 12.5 Å². The summed E-state index contributed by atoms with van der Waals surface area (Å²) in [6.07, 6.45) is 9.86. The Morgan fingerprint density at radius 2 is 1.76 bits per heavy atom. The standard InChI is InChI=1S/C27H34IN5O3S/c1-26(2,3)36-25(35)32-15-10-27(11-16-32)8-13-31(14-9-27)22-6-5-19(17-29-22)21-18-30(4)24(34)23-20(21)7-12-33(23)37-28/h5-7,12,17-18H,8-11,13-16H2,1-4H3. The first kappa shape index (κ1) is 26.4. The maximum Gasteiger partial charge on any atom is 0.410 e. The molecule has 5 heterocycles. The fraction of sp³-hybridized carbons (Fsp3) is 0.519. The number of carbonyl (C=O) groups is 1. The molecule has 5 rings (SSSR count). The normalized spacial score (nSPS) is 18.0. The largest absolute Gasteiger partial charge is 0.444 e. The second kappa shape index (κ2) is 10.2. The van der Waals surface area contributed by atoms with Gasteiger partial charge in [0.2, 0.25) is 0 Å². The Balaban J connectivity index is 1.24. The third-order valence-electron chi connectivity index (χ3n) is 7.75. The maximum absolute atomic E-state index is 12.7. The number of carbonyl (C=O) groups excluding carboxylic acids is 1. The Morgan fingerprint density at radius 3 is 2.35 bits per heavy atom.